The van der Waals surface area contributed by atoms with Gasteiger partial charge >= 0.3 is 0 Å². The van der Waals surface area contributed by atoms with Crippen LogP contribution in [0.1, 0.15) is 0 Å². The van der Waals surface area contributed by atoms with Crippen LogP contribution in [-0.4, -0.2) is 5.17 Å². The fraction of sp³-hybridized carbons (Fsp3) is 0. The molecular formula is C4H5ClN2. The van der Waals surface area contributed by atoms with Gasteiger partial charge in [0.05, 0.1) is 6.20 Å². The predicted molar refractivity (Wildman–Crippen MR) is 28.7 cm³/mol. The third-order valence-electron chi connectivity index (χ3n) is 0.664. The highest BCUT2D eigenvalue weighted by Crippen LogP contribution is 1.86. The van der Waals surface area contributed by atoms with Crippen LogP contribution in [0, 0.1) is 7.05 Å². The lowest BCUT2D eigenvalue weighted by Crippen LogP contribution is -2.95. The van der Waals surface area contributed by atoms with Gasteiger partial charge in [0, 0.05) is 6.08 Å². The van der Waals surface area contributed by atoms with Gasteiger partial charge < -0.3 is 5.01 Å². The van der Waals surface area contributed by atoms with Gasteiger partial charge in [0.2, 0.25) is 0 Å². The minimum absolute atomic E-state index is 0.519. The molecule has 0 radical (unpaired) electrons. The van der Waals surface area contributed by atoms with Crippen molar-refractivity contribution < 1.29 is 5.01 Å². The summed E-state index contributed by atoms with van der Waals surface area (Å²) in [7, 11) is 3.55. The van der Waals surface area contributed by atoms with Crippen molar-refractivity contribution in [1.82, 2.24) is 0 Å². The number of halogens is 1. The molecule has 1 aliphatic rings. The molecule has 0 saturated heterocycles. The normalized spacial score (nSPS) is 28.3. The monoisotopic (exact) mass is 116 g/mol. The van der Waals surface area contributed by atoms with Gasteiger partial charge in [-0.25, -0.2) is 0 Å². The lowest BCUT2D eigenvalue weighted by molar-refractivity contribution is -0.801. The van der Waals surface area contributed by atoms with Crippen molar-refractivity contribution in [3.05, 3.63) is 19.3 Å². The van der Waals surface area contributed by atoms with Crippen LogP contribution in [0.25, 0.3) is 0 Å². The fourth-order valence-electron chi connectivity index (χ4n) is 0.377. The summed E-state index contributed by atoms with van der Waals surface area (Å²) in [6.45, 7) is 0. The Hall–Kier alpha value is -0.340. The molecule has 2 nitrogen and oxygen atoms in total. The standard InChI is InChI=1S/C4H5ClN2/c1-7-3-2-4(5)6-7/h2-3,7H,1H2. The predicted octanol–water partition coefficient (Wildman–Crippen LogP) is -0.258. The van der Waals surface area contributed by atoms with Crippen molar-refractivity contribution >= 4 is 16.8 Å². The summed E-state index contributed by atoms with van der Waals surface area (Å²) >= 11 is 5.41. The minimum Gasteiger partial charge on any atom is -0.311 e. The minimum atomic E-state index is 0.519. The van der Waals surface area contributed by atoms with E-state index in [9.17, 15) is 0 Å². The molecule has 0 spiro atoms. The molecule has 1 unspecified atom stereocenters. The Kier molecular flexibility index (Phi) is 1.13. The van der Waals surface area contributed by atoms with Gasteiger partial charge in [0.25, 0.3) is 0 Å². The van der Waals surface area contributed by atoms with Crippen molar-refractivity contribution in [2.24, 2.45) is 5.10 Å². The number of nitrogens with one attached hydrogen (secondary N) is 1. The van der Waals surface area contributed by atoms with Gasteiger partial charge in [-0.2, -0.15) is 0 Å². The maximum atomic E-state index is 5.41. The zero-order valence-corrected chi connectivity index (χ0v) is 4.44. The van der Waals surface area contributed by atoms with E-state index in [4.69, 9.17) is 11.6 Å². The van der Waals surface area contributed by atoms with E-state index in [1.54, 1.807) is 12.3 Å². The molecule has 0 aromatic rings. The average Bonchev–Trinajstić information content (AvgIpc) is 1.87. The molecule has 3 heteroatoms. The second kappa shape index (κ2) is 1.64. The average molecular weight is 117 g/mol. The summed E-state index contributed by atoms with van der Waals surface area (Å²) in [6.07, 6.45) is 3.48. The smallest absolute Gasteiger partial charge is 0.187 e. The lowest BCUT2D eigenvalue weighted by Gasteiger charge is -1.97. The third-order valence-corrected chi connectivity index (χ3v) is 0.874. The van der Waals surface area contributed by atoms with Crippen LogP contribution in [0.3, 0.4) is 0 Å². The van der Waals surface area contributed by atoms with Gasteiger partial charge in [-0.3, -0.25) is 0 Å². The topological polar surface area (TPSA) is 16.8 Å². The molecule has 1 rings (SSSR count). The first-order valence-electron chi connectivity index (χ1n) is 1.90. The molecule has 1 N–H and O–H groups in total. The molecule has 1 aliphatic heterocycles. The maximum Gasteiger partial charge on any atom is 0.187 e. The molecule has 38 valence electrons. The SMILES string of the molecule is [CH2-][NH+]1C=CC(Cl)=N1. The largest absolute Gasteiger partial charge is 0.311 e. The number of quaternary nitrogens is 1. The summed E-state index contributed by atoms with van der Waals surface area (Å²) in [6, 6.07) is 0. The van der Waals surface area contributed by atoms with Gasteiger partial charge in [0.15, 0.2) is 5.17 Å². The number of hydrogen-bond acceptors (Lipinski definition) is 1. The molecule has 7 heavy (non-hydrogen) atoms. The summed E-state index contributed by atoms with van der Waals surface area (Å²) in [4.78, 5) is 0. The second-order valence-electron chi connectivity index (χ2n) is 1.26. The molecule has 0 amide bonds. The third kappa shape index (κ3) is 1.01. The summed E-state index contributed by atoms with van der Waals surface area (Å²) in [5.41, 5.74) is 0. The Morgan fingerprint density at radius 2 is 2.57 bits per heavy atom. The molecule has 0 aliphatic carbocycles. The summed E-state index contributed by atoms with van der Waals surface area (Å²) in [5, 5.41) is 5.01. The Bertz CT molecular complexity index is 128. The number of rotatable bonds is 0. The summed E-state index contributed by atoms with van der Waals surface area (Å²) < 4.78 is 0. The van der Waals surface area contributed by atoms with Crippen LogP contribution in [0.2, 0.25) is 0 Å². The Labute approximate surface area is 47.1 Å². The van der Waals surface area contributed by atoms with Crippen LogP contribution < -0.4 is 5.01 Å². The molecule has 0 bridgehead atoms. The second-order valence-corrected chi connectivity index (χ2v) is 1.65. The number of nitrogens with zero attached hydrogens (tertiary/aromatic N) is 1. The van der Waals surface area contributed by atoms with Crippen molar-refractivity contribution in [3.8, 4) is 0 Å². The quantitative estimate of drug-likeness (QED) is 0.420. The van der Waals surface area contributed by atoms with Crippen molar-refractivity contribution in [3.63, 3.8) is 0 Å². The van der Waals surface area contributed by atoms with Crippen LogP contribution in [-0.2, 0) is 0 Å². The highest BCUT2D eigenvalue weighted by molar-refractivity contribution is 6.68. The first-order valence-corrected chi connectivity index (χ1v) is 2.28. The molecule has 0 saturated carbocycles. The van der Waals surface area contributed by atoms with Crippen LogP contribution in [0.5, 0.6) is 0 Å². The molecule has 0 fully saturated rings. The Morgan fingerprint density at radius 3 is 2.71 bits per heavy atom. The first-order chi connectivity index (χ1) is 3.29. The highest BCUT2D eigenvalue weighted by Gasteiger charge is 1.98. The molecule has 1 atom stereocenters. The fourth-order valence-corrected chi connectivity index (χ4v) is 0.548. The number of allylic oxidation sites excluding steroid dienone is 1. The lowest BCUT2D eigenvalue weighted by atomic mass is 10.7. The number of hydrogen-bond donors (Lipinski definition) is 1. The molecule has 0 aromatic heterocycles. The van der Waals surface area contributed by atoms with Gasteiger partial charge in [0.1, 0.15) is 0 Å². The van der Waals surface area contributed by atoms with Crippen LogP contribution >= 0.6 is 11.6 Å². The maximum absolute atomic E-state index is 5.41. The Balaban J connectivity index is 2.69. The van der Waals surface area contributed by atoms with Crippen LogP contribution in [0.15, 0.2) is 17.4 Å². The van der Waals surface area contributed by atoms with E-state index in [0.29, 0.717) is 5.17 Å². The van der Waals surface area contributed by atoms with E-state index >= 15 is 0 Å². The first kappa shape index (κ1) is 4.81. The zero-order valence-electron chi connectivity index (χ0n) is 3.69. The van der Waals surface area contributed by atoms with Crippen molar-refractivity contribution in [1.29, 1.82) is 0 Å². The van der Waals surface area contributed by atoms with E-state index in [0.717, 1.165) is 5.01 Å². The van der Waals surface area contributed by atoms with Crippen molar-refractivity contribution in [2.75, 3.05) is 0 Å². The van der Waals surface area contributed by atoms with Gasteiger partial charge in [-0.1, -0.05) is 16.7 Å². The summed E-state index contributed by atoms with van der Waals surface area (Å²) in [5.74, 6) is 0. The molecule has 1 heterocycles. The van der Waals surface area contributed by atoms with E-state index in [1.165, 1.54) is 0 Å². The molecule has 0 aromatic carbocycles. The molecular weight excluding hydrogens is 112 g/mol. The zero-order chi connectivity index (χ0) is 5.28. The van der Waals surface area contributed by atoms with Crippen molar-refractivity contribution in [2.45, 2.75) is 0 Å². The van der Waals surface area contributed by atoms with E-state index in [-0.39, 0.29) is 0 Å². The van der Waals surface area contributed by atoms with E-state index < -0.39 is 0 Å². The van der Waals surface area contributed by atoms with Gasteiger partial charge in [-0.05, 0) is 0 Å². The highest BCUT2D eigenvalue weighted by atomic mass is 35.5. The van der Waals surface area contributed by atoms with Gasteiger partial charge in [-0.15, -0.1) is 7.05 Å². The Morgan fingerprint density at radius 1 is 1.86 bits per heavy atom. The van der Waals surface area contributed by atoms with Crippen LogP contribution in [0.4, 0.5) is 0 Å². The van der Waals surface area contributed by atoms with E-state index in [1.807, 2.05) is 0 Å². The van der Waals surface area contributed by atoms with E-state index in [2.05, 4.69) is 12.1 Å².